The van der Waals surface area contributed by atoms with Crippen molar-refractivity contribution in [1.82, 2.24) is 4.98 Å². The Balaban J connectivity index is 1.80. The second kappa shape index (κ2) is 10.9. The van der Waals surface area contributed by atoms with Crippen LogP contribution in [0, 0.1) is 3.57 Å². The number of rotatable bonds is 8. The molecule has 0 fully saturated rings. The summed E-state index contributed by atoms with van der Waals surface area (Å²) in [6.45, 7) is 0. The Hall–Kier alpha value is -3.38. The van der Waals surface area contributed by atoms with Crippen LogP contribution in [0.5, 0.6) is 23.0 Å². The number of fused-ring (bicyclic) bond motifs is 1. The van der Waals surface area contributed by atoms with Gasteiger partial charge in [0, 0.05) is 9.13 Å². The number of ether oxygens (including phenoxy) is 4. The van der Waals surface area contributed by atoms with Gasteiger partial charge in [0.25, 0.3) is 5.91 Å². The highest BCUT2D eigenvalue weighted by atomic mass is 127. The van der Waals surface area contributed by atoms with E-state index >= 15 is 0 Å². The lowest BCUT2D eigenvalue weighted by atomic mass is 10.2. The number of hydrogen-bond donors (Lipinski definition) is 0. The summed E-state index contributed by atoms with van der Waals surface area (Å²) in [6.07, 6.45) is 1.56. The summed E-state index contributed by atoms with van der Waals surface area (Å²) in [5.41, 5.74) is 1.92. The van der Waals surface area contributed by atoms with Gasteiger partial charge in [0.15, 0.2) is 11.5 Å². The summed E-state index contributed by atoms with van der Waals surface area (Å²) < 4.78 is 23.3. The van der Waals surface area contributed by atoms with E-state index in [0.29, 0.717) is 39.3 Å². The molecule has 35 heavy (non-hydrogen) atoms. The molecule has 1 aromatic heterocycles. The van der Waals surface area contributed by atoms with E-state index in [1.165, 1.54) is 23.5 Å². The maximum atomic E-state index is 13.6. The molecule has 0 bridgehead atoms. The molecule has 3 aromatic carbocycles. The molecule has 0 atom stereocenters. The van der Waals surface area contributed by atoms with E-state index in [-0.39, 0.29) is 5.91 Å². The Morgan fingerprint density at radius 2 is 1.69 bits per heavy atom. The number of amides is 1. The molecule has 0 N–H and O–H groups in total. The molecule has 4 rings (SSSR count). The van der Waals surface area contributed by atoms with Gasteiger partial charge in [-0.05, 0) is 65.1 Å². The van der Waals surface area contributed by atoms with E-state index in [4.69, 9.17) is 18.9 Å². The van der Waals surface area contributed by atoms with Gasteiger partial charge in [-0.25, -0.2) is 4.98 Å². The second-order valence-electron chi connectivity index (χ2n) is 7.13. The first-order valence-corrected chi connectivity index (χ1v) is 12.3. The number of aromatic nitrogens is 1. The number of carbonyl (C=O) groups is 1. The van der Waals surface area contributed by atoms with Gasteiger partial charge in [-0.3, -0.25) is 4.79 Å². The van der Waals surface area contributed by atoms with Crippen LogP contribution in [0.15, 0.2) is 59.7 Å². The minimum atomic E-state index is -0.301. The van der Waals surface area contributed by atoms with Crippen molar-refractivity contribution < 1.29 is 23.7 Å². The fourth-order valence-corrected chi connectivity index (χ4v) is 4.92. The molecule has 4 aromatic rings. The van der Waals surface area contributed by atoms with Gasteiger partial charge < -0.3 is 18.9 Å². The molecule has 0 aliphatic rings. The lowest BCUT2D eigenvalue weighted by molar-refractivity contribution is 0.0987. The Morgan fingerprint density at radius 1 is 0.971 bits per heavy atom. The number of hydrazone groups is 1. The molecular formula is C25H22IN3O5S. The minimum Gasteiger partial charge on any atom is -0.497 e. The fraction of sp³-hybridized carbons (Fsp3) is 0.160. The van der Waals surface area contributed by atoms with Gasteiger partial charge in [0.05, 0.1) is 50.4 Å². The largest absolute Gasteiger partial charge is 0.497 e. The summed E-state index contributed by atoms with van der Waals surface area (Å²) in [6, 6.07) is 16.4. The summed E-state index contributed by atoms with van der Waals surface area (Å²) in [5.74, 6) is 1.85. The van der Waals surface area contributed by atoms with Gasteiger partial charge in [0.2, 0.25) is 10.9 Å². The molecule has 1 amide bonds. The predicted octanol–water partition coefficient (Wildman–Crippen LogP) is 5.62. The van der Waals surface area contributed by atoms with Crippen LogP contribution in [-0.2, 0) is 0 Å². The molecule has 0 aliphatic carbocycles. The quantitative estimate of drug-likeness (QED) is 0.148. The van der Waals surface area contributed by atoms with Crippen molar-refractivity contribution in [1.29, 1.82) is 0 Å². The monoisotopic (exact) mass is 603 g/mol. The van der Waals surface area contributed by atoms with E-state index in [0.717, 1.165) is 13.8 Å². The molecule has 0 aliphatic heterocycles. The summed E-state index contributed by atoms with van der Waals surface area (Å²) in [5, 5.41) is 6.28. The van der Waals surface area contributed by atoms with Crippen molar-refractivity contribution in [3.63, 3.8) is 0 Å². The molecule has 0 saturated heterocycles. The van der Waals surface area contributed by atoms with Crippen LogP contribution < -0.4 is 24.0 Å². The van der Waals surface area contributed by atoms with Gasteiger partial charge in [0.1, 0.15) is 5.75 Å². The van der Waals surface area contributed by atoms with Crippen LogP contribution in [0.3, 0.4) is 0 Å². The molecular weight excluding hydrogens is 581 g/mol. The molecule has 0 radical (unpaired) electrons. The molecule has 10 heteroatoms. The number of methoxy groups -OCH3 is 4. The van der Waals surface area contributed by atoms with Crippen LogP contribution in [0.4, 0.5) is 5.13 Å². The topological polar surface area (TPSA) is 82.5 Å². The first-order chi connectivity index (χ1) is 17.0. The maximum Gasteiger partial charge on any atom is 0.281 e. The second-order valence-corrected chi connectivity index (χ2v) is 9.30. The Morgan fingerprint density at radius 3 is 2.31 bits per heavy atom. The van der Waals surface area contributed by atoms with Crippen LogP contribution in [0.1, 0.15) is 15.9 Å². The first-order valence-electron chi connectivity index (χ1n) is 10.4. The van der Waals surface area contributed by atoms with Gasteiger partial charge >= 0.3 is 0 Å². The van der Waals surface area contributed by atoms with Crippen molar-refractivity contribution in [2.45, 2.75) is 0 Å². The number of halogens is 1. The lowest BCUT2D eigenvalue weighted by Crippen LogP contribution is -2.26. The third-order valence-electron chi connectivity index (χ3n) is 5.07. The highest BCUT2D eigenvalue weighted by Crippen LogP contribution is 2.38. The van der Waals surface area contributed by atoms with Crippen molar-refractivity contribution in [3.8, 4) is 23.0 Å². The van der Waals surface area contributed by atoms with E-state index in [9.17, 15) is 4.79 Å². The molecule has 8 nitrogen and oxygen atoms in total. The first kappa shape index (κ1) is 24.7. The standard InChI is InChI=1S/C25H22IN3O5S/c1-31-16-9-10-19-22(13-16)35-25(28-19)29(24(30)17-7-5-6-8-18(17)26)27-14-15-11-20(32-2)23(34-4)21(12-15)33-3/h5-14H,1-4H3/b27-14+. The van der Waals surface area contributed by atoms with Crippen molar-refractivity contribution in [2.75, 3.05) is 33.4 Å². The van der Waals surface area contributed by atoms with Crippen LogP contribution >= 0.6 is 33.9 Å². The van der Waals surface area contributed by atoms with Gasteiger partial charge in [-0.2, -0.15) is 10.1 Å². The summed E-state index contributed by atoms with van der Waals surface area (Å²) in [7, 11) is 6.23. The van der Waals surface area contributed by atoms with Crippen molar-refractivity contribution in [2.24, 2.45) is 5.10 Å². The summed E-state index contributed by atoms with van der Waals surface area (Å²) in [4.78, 5) is 18.3. The van der Waals surface area contributed by atoms with E-state index in [1.807, 2.05) is 36.4 Å². The normalized spacial score (nSPS) is 11.0. The van der Waals surface area contributed by atoms with Gasteiger partial charge in [-0.15, -0.1) is 0 Å². The third kappa shape index (κ3) is 5.17. The average Bonchev–Trinajstić information content (AvgIpc) is 3.31. The maximum absolute atomic E-state index is 13.6. The fourth-order valence-electron chi connectivity index (χ4n) is 3.35. The molecule has 0 unspecified atom stereocenters. The zero-order valence-corrected chi connectivity index (χ0v) is 22.4. The number of nitrogens with zero attached hydrogens (tertiary/aromatic N) is 3. The average molecular weight is 603 g/mol. The number of anilines is 1. The Kier molecular flexibility index (Phi) is 7.71. The zero-order chi connectivity index (χ0) is 24.9. The lowest BCUT2D eigenvalue weighted by Gasteiger charge is -2.15. The Labute approximate surface area is 220 Å². The van der Waals surface area contributed by atoms with Crippen LogP contribution in [-0.4, -0.2) is 45.5 Å². The number of benzene rings is 3. The van der Waals surface area contributed by atoms with E-state index in [1.54, 1.807) is 45.7 Å². The third-order valence-corrected chi connectivity index (χ3v) is 7.01. The SMILES string of the molecule is COc1ccc2nc(N(/N=C/c3cc(OC)c(OC)c(OC)c3)C(=O)c3ccccc3I)sc2c1. The van der Waals surface area contributed by atoms with Gasteiger partial charge in [-0.1, -0.05) is 23.5 Å². The highest BCUT2D eigenvalue weighted by molar-refractivity contribution is 14.1. The number of carbonyl (C=O) groups excluding carboxylic acids is 1. The molecule has 180 valence electrons. The number of thiazole rings is 1. The zero-order valence-electron chi connectivity index (χ0n) is 19.4. The minimum absolute atomic E-state index is 0.301. The Bertz CT molecular complexity index is 1380. The van der Waals surface area contributed by atoms with E-state index < -0.39 is 0 Å². The number of hydrogen-bond acceptors (Lipinski definition) is 8. The van der Waals surface area contributed by atoms with Crippen molar-refractivity contribution in [3.05, 3.63) is 69.3 Å². The molecule has 0 spiro atoms. The van der Waals surface area contributed by atoms with Crippen molar-refractivity contribution >= 4 is 61.4 Å². The molecule has 0 saturated carbocycles. The van der Waals surface area contributed by atoms with E-state index in [2.05, 4.69) is 32.7 Å². The highest BCUT2D eigenvalue weighted by Gasteiger charge is 2.23. The van der Waals surface area contributed by atoms with Crippen LogP contribution in [0.25, 0.3) is 10.2 Å². The van der Waals surface area contributed by atoms with Crippen LogP contribution in [0.2, 0.25) is 0 Å². The molecule has 1 heterocycles. The smallest absolute Gasteiger partial charge is 0.281 e. The predicted molar refractivity (Wildman–Crippen MR) is 146 cm³/mol. The summed E-state index contributed by atoms with van der Waals surface area (Å²) >= 11 is 3.49.